The third-order valence-corrected chi connectivity index (χ3v) is 1.83. The van der Waals surface area contributed by atoms with Crippen molar-refractivity contribution >= 4 is 0 Å². The van der Waals surface area contributed by atoms with Gasteiger partial charge in [-0.2, -0.15) is 0 Å². The van der Waals surface area contributed by atoms with Crippen molar-refractivity contribution in [2.24, 2.45) is 5.92 Å². The van der Waals surface area contributed by atoms with E-state index in [2.05, 4.69) is 0 Å². The molecule has 9 heavy (non-hydrogen) atoms. The molecule has 0 amide bonds. The Balaban J connectivity index is 2.09. The van der Waals surface area contributed by atoms with Gasteiger partial charge in [0.05, 0.1) is 12.6 Å². The smallest absolute Gasteiger partial charge is 0.0814 e. The Labute approximate surface area is 56.4 Å². The Hall–Kier alpha value is -0.0800. The largest absolute Gasteiger partial charge is 0.634 e. The maximum absolute atomic E-state index is 11.0. The number of hydrogen-bond acceptors (Lipinski definition) is 1. The minimum absolute atomic E-state index is 0.255. The summed E-state index contributed by atoms with van der Waals surface area (Å²) in [5, 5.41) is 11.4. The van der Waals surface area contributed by atoms with Gasteiger partial charge in [-0.05, 0) is 26.7 Å². The molecule has 1 N–H and O–H groups in total. The van der Waals surface area contributed by atoms with Gasteiger partial charge < -0.3 is 10.3 Å². The van der Waals surface area contributed by atoms with E-state index in [-0.39, 0.29) is 6.04 Å². The Kier molecular flexibility index (Phi) is 2.09. The average molecular weight is 129 g/mol. The normalized spacial score (nSPS) is 22.7. The Morgan fingerprint density at radius 2 is 2.11 bits per heavy atom. The first-order valence-corrected chi connectivity index (χ1v) is 3.73. The van der Waals surface area contributed by atoms with Crippen LogP contribution < -0.4 is 5.06 Å². The molecule has 2 heteroatoms. The van der Waals surface area contributed by atoms with Gasteiger partial charge in [-0.25, -0.2) is 0 Å². The van der Waals surface area contributed by atoms with Gasteiger partial charge in [0.1, 0.15) is 0 Å². The third-order valence-electron chi connectivity index (χ3n) is 1.83. The Bertz CT molecular complexity index is 88.9. The van der Waals surface area contributed by atoms with Gasteiger partial charge in [-0.3, -0.25) is 0 Å². The van der Waals surface area contributed by atoms with E-state index in [1.807, 2.05) is 13.8 Å². The van der Waals surface area contributed by atoms with E-state index >= 15 is 0 Å². The topological polar surface area (TPSA) is 27.5 Å². The number of hydroxylamine groups is 2. The lowest BCUT2D eigenvalue weighted by Crippen LogP contribution is -3.10. The highest BCUT2D eigenvalue weighted by atomic mass is 16.5. The van der Waals surface area contributed by atoms with Gasteiger partial charge in [0.15, 0.2) is 0 Å². The molecule has 1 rings (SSSR count). The van der Waals surface area contributed by atoms with Crippen LogP contribution in [-0.2, 0) is 0 Å². The van der Waals surface area contributed by atoms with Crippen molar-refractivity contribution in [1.29, 1.82) is 0 Å². The van der Waals surface area contributed by atoms with Crippen molar-refractivity contribution < 1.29 is 5.06 Å². The summed E-state index contributed by atoms with van der Waals surface area (Å²) in [5.41, 5.74) is 0. The van der Waals surface area contributed by atoms with Crippen LogP contribution in [0.1, 0.15) is 26.7 Å². The van der Waals surface area contributed by atoms with Gasteiger partial charge in [-0.1, -0.05) is 0 Å². The number of quaternary nitrogens is 1. The van der Waals surface area contributed by atoms with E-state index in [0.717, 1.165) is 12.5 Å². The van der Waals surface area contributed by atoms with Crippen molar-refractivity contribution in [3.05, 3.63) is 5.21 Å². The van der Waals surface area contributed by atoms with Crippen LogP contribution in [0.3, 0.4) is 0 Å². The lowest BCUT2D eigenvalue weighted by atomic mass is 10.3. The van der Waals surface area contributed by atoms with Crippen molar-refractivity contribution in [3.8, 4) is 0 Å². The molecule has 0 radical (unpaired) electrons. The molecule has 0 aromatic rings. The van der Waals surface area contributed by atoms with Crippen molar-refractivity contribution in [2.45, 2.75) is 32.7 Å². The molecule has 1 unspecified atom stereocenters. The molecule has 0 bridgehead atoms. The standard InChI is InChI=1S/C7H15NO/c1-6(2)8(9)5-7-3-4-7/h6-8H,3-5H2,1-2H3. The van der Waals surface area contributed by atoms with E-state index in [0.29, 0.717) is 5.06 Å². The fourth-order valence-corrected chi connectivity index (χ4v) is 0.842. The van der Waals surface area contributed by atoms with E-state index in [1.165, 1.54) is 12.8 Å². The molecule has 0 aliphatic heterocycles. The van der Waals surface area contributed by atoms with Gasteiger partial charge in [-0.15, -0.1) is 0 Å². The van der Waals surface area contributed by atoms with Crippen molar-refractivity contribution in [3.63, 3.8) is 0 Å². The molecule has 1 saturated carbocycles. The second kappa shape index (κ2) is 2.67. The molecule has 1 atom stereocenters. The van der Waals surface area contributed by atoms with Crippen LogP contribution in [0, 0.1) is 11.1 Å². The molecule has 2 nitrogen and oxygen atoms in total. The molecule has 1 aliphatic rings. The summed E-state index contributed by atoms with van der Waals surface area (Å²) >= 11 is 0. The molecular formula is C7H15NO. The van der Waals surface area contributed by atoms with Crippen molar-refractivity contribution in [2.75, 3.05) is 6.54 Å². The van der Waals surface area contributed by atoms with Crippen LogP contribution in [0.15, 0.2) is 0 Å². The highest BCUT2D eigenvalue weighted by Gasteiger charge is 2.24. The third kappa shape index (κ3) is 2.33. The second-order valence-electron chi connectivity index (χ2n) is 3.27. The number of rotatable bonds is 3. The summed E-state index contributed by atoms with van der Waals surface area (Å²) in [5.74, 6) is 0.764. The lowest BCUT2D eigenvalue weighted by Gasteiger charge is -2.26. The molecule has 0 aromatic carbocycles. The summed E-state index contributed by atoms with van der Waals surface area (Å²) in [6.07, 6.45) is 2.58. The van der Waals surface area contributed by atoms with Crippen molar-refractivity contribution in [1.82, 2.24) is 0 Å². The molecule has 0 heterocycles. The molecule has 54 valence electrons. The predicted molar refractivity (Wildman–Crippen MR) is 37.1 cm³/mol. The predicted octanol–water partition coefficient (Wildman–Crippen LogP) is 0.188. The summed E-state index contributed by atoms with van der Waals surface area (Å²) < 4.78 is 0. The van der Waals surface area contributed by atoms with E-state index in [4.69, 9.17) is 0 Å². The molecule has 0 aromatic heterocycles. The first-order valence-electron chi connectivity index (χ1n) is 3.73. The van der Waals surface area contributed by atoms with Gasteiger partial charge >= 0.3 is 0 Å². The first kappa shape index (κ1) is 7.03. The van der Waals surface area contributed by atoms with Crippen LogP contribution in [0.5, 0.6) is 0 Å². The summed E-state index contributed by atoms with van der Waals surface area (Å²) in [7, 11) is 0. The molecule has 0 spiro atoms. The maximum Gasteiger partial charge on any atom is 0.0814 e. The SMILES string of the molecule is CC(C)[NH+]([O-])CC1CC1. The zero-order valence-corrected chi connectivity index (χ0v) is 6.18. The van der Waals surface area contributed by atoms with Crippen LogP contribution in [-0.4, -0.2) is 12.6 Å². The minimum Gasteiger partial charge on any atom is -0.634 e. The van der Waals surface area contributed by atoms with E-state index in [1.54, 1.807) is 0 Å². The Morgan fingerprint density at radius 1 is 1.56 bits per heavy atom. The monoisotopic (exact) mass is 129 g/mol. The summed E-state index contributed by atoms with van der Waals surface area (Å²) in [6, 6.07) is 0.255. The second-order valence-corrected chi connectivity index (χ2v) is 3.27. The fourth-order valence-electron chi connectivity index (χ4n) is 0.842. The molecule has 1 aliphatic carbocycles. The highest BCUT2D eigenvalue weighted by Crippen LogP contribution is 2.26. The zero-order chi connectivity index (χ0) is 6.85. The Morgan fingerprint density at radius 3 is 2.44 bits per heavy atom. The number of nitrogens with one attached hydrogen (secondary N) is 1. The van der Waals surface area contributed by atoms with Crippen LogP contribution in [0.2, 0.25) is 0 Å². The minimum atomic E-state index is 0.255. The number of hydrogen-bond donors (Lipinski definition) is 1. The average Bonchev–Trinajstić information content (AvgIpc) is 2.50. The van der Waals surface area contributed by atoms with E-state index < -0.39 is 0 Å². The molecule has 1 fully saturated rings. The molecule has 0 saturated heterocycles. The van der Waals surface area contributed by atoms with Gasteiger partial charge in [0.25, 0.3) is 0 Å². The highest BCUT2D eigenvalue weighted by molar-refractivity contribution is 4.71. The maximum atomic E-state index is 11.0. The lowest BCUT2D eigenvalue weighted by molar-refractivity contribution is -0.873. The van der Waals surface area contributed by atoms with Gasteiger partial charge in [0, 0.05) is 5.92 Å². The van der Waals surface area contributed by atoms with Crippen LogP contribution in [0.25, 0.3) is 0 Å². The fraction of sp³-hybridized carbons (Fsp3) is 1.00. The van der Waals surface area contributed by atoms with Gasteiger partial charge in [0.2, 0.25) is 0 Å². The zero-order valence-electron chi connectivity index (χ0n) is 6.18. The summed E-state index contributed by atoms with van der Waals surface area (Å²) in [4.78, 5) is 0. The van der Waals surface area contributed by atoms with Crippen LogP contribution >= 0.6 is 0 Å². The van der Waals surface area contributed by atoms with E-state index in [9.17, 15) is 5.21 Å². The first-order chi connectivity index (χ1) is 4.20. The summed E-state index contributed by atoms with van der Waals surface area (Å²) in [6.45, 7) is 4.80. The molecular weight excluding hydrogens is 114 g/mol. The quantitative estimate of drug-likeness (QED) is 0.541. The van der Waals surface area contributed by atoms with Crippen LogP contribution in [0.4, 0.5) is 0 Å².